The quantitative estimate of drug-likeness (QED) is 0.583. The molecule has 0 aliphatic carbocycles. The number of hydrogen-bond donors (Lipinski definition) is 3. The Kier molecular flexibility index (Phi) is 4.72. The van der Waals surface area contributed by atoms with Crippen molar-refractivity contribution in [1.82, 2.24) is 20.2 Å². The Hall–Kier alpha value is -1.80. The zero-order valence-electron chi connectivity index (χ0n) is 13.6. The second-order valence-electron chi connectivity index (χ2n) is 5.79. The number of anilines is 3. The van der Waals surface area contributed by atoms with Crippen LogP contribution in [0.15, 0.2) is 11.2 Å². The molecule has 8 heteroatoms. The molecule has 3 rings (SSSR count). The molecule has 0 bridgehead atoms. The van der Waals surface area contributed by atoms with Crippen molar-refractivity contribution in [2.75, 3.05) is 29.6 Å². The molecule has 1 aliphatic rings. The lowest BCUT2D eigenvalue weighted by Gasteiger charge is -2.32. The molecule has 0 aromatic carbocycles. The molecule has 0 unspecified atom stereocenters. The van der Waals surface area contributed by atoms with Gasteiger partial charge in [-0.25, -0.2) is 9.97 Å². The van der Waals surface area contributed by atoms with E-state index in [1.807, 2.05) is 26.2 Å². The monoisotopic (exact) mass is 334 g/mol. The molecule has 0 atom stereocenters. The molecule has 1 aliphatic heterocycles. The lowest BCUT2D eigenvalue weighted by atomic mass is 10.1. The van der Waals surface area contributed by atoms with Gasteiger partial charge in [-0.3, -0.25) is 5.10 Å². The Bertz CT molecular complexity index is 681. The third kappa shape index (κ3) is 3.59. The van der Waals surface area contributed by atoms with Gasteiger partial charge in [0.25, 0.3) is 0 Å². The molecule has 23 heavy (non-hydrogen) atoms. The van der Waals surface area contributed by atoms with Crippen LogP contribution in [0.2, 0.25) is 0 Å². The smallest absolute Gasteiger partial charge is 0.191 e. The van der Waals surface area contributed by atoms with Crippen molar-refractivity contribution in [3.05, 3.63) is 17.3 Å². The number of hydrogen-bond acceptors (Lipinski definition) is 7. The van der Waals surface area contributed by atoms with Crippen LogP contribution in [0.1, 0.15) is 24.1 Å². The van der Waals surface area contributed by atoms with Crippen LogP contribution < -0.4 is 10.2 Å². The molecule has 2 aromatic rings. The van der Waals surface area contributed by atoms with Crippen molar-refractivity contribution >= 4 is 29.2 Å². The van der Waals surface area contributed by atoms with Gasteiger partial charge in [-0.2, -0.15) is 5.10 Å². The van der Waals surface area contributed by atoms with Crippen LogP contribution in [0.25, 0.3) is 0 Å². The number of aromatic amines is 1. The average Bonchev–Trinajstić information content (AvgIpc) is 2.95. The molecule has 0 amide bonds. The van der Waals surface area contributed by atoms with Crippen LogP contribution in [-0.2, 0) is 0 Å². The fourth-order valence-electron chi connectivity index (χ4n) is 2.69. The SMILES string of the molecule is CSc1nc(Nc2cc(C)[nH]n2)c(C)c(N2CCC(O)CC2)n1. The topological polar surface area (TPSA) is 90.0 Å². The van der Waals surface area contributed by atoms with E-state index in [0.717, 1.165) is 59.8 Å². The van der Waals surface area contributed by atoms with Crippen molar-refractivity contribution in [2.24, 2.45) is 0 Å². The minimum absolute atomic E-state index is 0.196. The third-order valence-corrected chi connectivity index (χ3v) is 4.55. The molecule has 1 saturated heterocycles. The van der Waals surface area contributed by atoms with E-state index in [4.69, 9.17) is 0 Å². The first-order valence-electron chi connectivity index (χ1n) is 7.71. The highest BCUT2D eigenvalue weighted by molar-refractivity contribution is 7.98. The second kappa shape index (κ2) is 6.76. The molecule has 124 valence electrons. The van der Waals surface area contributed by atoms with Crippen LogP contribution in [0.4, 0.5) is 17.5 Å². The van der Waals surface area contributed by atoms with Crippen LogP contribution in [0.5, 0.6) is 0 Å². The van der Waals surface area contributed by atoms with Gasteiger partial charge in [0.2, 0.25) is 0 Å². The number of aliphatic hydroxyl groups is 1. The predicted octanol–water partition coefficient (Wildman–Crippen LogP) is 2.24. The lowest BCUT2D eigenvalue weighted by molar-refractivity contribution is 0.145. The first-order valence-corrected chi connectivity index (χ1v) is 8.94. The molecule has 0 radical (unpaired) electrons. The summed E-state index contributed by atoms with van der Waals surface area (Å²) in [4.78, 5) is 11.5. The van der Waals surface area contributed by atoms with Crippen molar-refractivity contribution in [3.63, 3.8) is 0 Å². The molecular formula is C15H22N6OS. The van der Waals surface area contributed by atoms with Crippen molar-refractivity contribution < 1.29 is 5.11 Å². The largest absolute Gasteiger partial charge is 0.393 e. The van der Waals surface area contributed by atoms with E-state index in [1.165, 1.54) is 11.8 Å². The molecule has 2 aromatic heterocycles. The zero-order valence-corrected chi connectivity index (χ0v) is 14.4. The number of aryl methyl sites for hydroxylation is 1. The normalized spacial score (nSPS) is 15.9. The Morgan fingerprint density at radius 1 is 1.30 bits per heavy atom. The fraction of sp³-hybridized carbons (Fsp3) is 0.533. The highest BCUT2D eigenvalue weighted by Crippen LogP contribution is 2.30. The maximum Gasteiger partial charge on any atom is 0.191 e. The van der Waals surface area contributed by atoms with Gasteiger partial charge in [0.15, 0.2) is 11.0 Å². The average molecular weight is 334 g/mol. The summed E-state index contributed by atoms with van der Waals surface area (Å²) in [6.07, 6.45) is 3.33. The standard InChI is InChI=1S/C15H22N6OS/c1-9-8-12(20-19-9)16-13-10(2)14(18-15(17-13)23-3)21-6-4-11(22)5-7-21/h8,11,22H,4-7H2,1-3H3,(H2,16,17,18,19,20). The molecule has 1 fully saturated rings. The van der Waals surface area contributed by atoms with Gasteiger partial charge < -0.3 is 15.3 Å². The van der Waals surface area contributed by atoms with Crippen LogP contribution >= 0.6 is 11.8 Å². The van der Waals surface area contributed by atoms with Crippen LogP contribution in [0, 0.1) is 13.8 Å². The van der Waals surface area contributed by atoms with Gasteiger partial charge in [0.05, 0.1) is 6.10 Å². The van der Waals surface area contributed by atoms with Crippen LogP contribution in [-0.4, -0.2) is 50.7 Å². The molecule has 7 nitrogen and oxygen atoms in total. The Labute approximate surface area is 139 Å². The Morgan fingerprint density at radius 2 is 2.04 bits per heavy atom. The summed E-state index contributed by atoms with van der Waals surface area (Å²) in [7, 11) is 0. The van der Waals surface area contributed by atoms with E-state index in [1.54, 1.807) is 0 Å². The summed E-state index contributed by atoms with van der Waals surface area (Å²) in [6.45, 7) is 5.61. The van der Waals surface area contributed by atoms with E-state index in [0.29, 0.717) is 0 Å². The number of piperidine rings is 1. The molecule has 3 heterocycles. The summed E-state index contributed by atoms with van der Waals surface area (Å²) in [6, 6.07) is 1.94. The number of thioether (sulfide) groups is 1. The van der Waals surface area contributed by atoms with Gasteiger partial charge in [0.1, 0.15) is 11.6 Å². The number of rotatable bonds is 4. The molecule has 3 N–H and O–H groups in total. The van der Waals surface area contributed by atoms with E-state index in [2.05, 4.69) is 30.4 Å². The summed E-state index contributed by atoms with van der Waals surface area (Å²) in [5.74, 6) is 2.46. The minimum Gasteiger partial charge on any atom is -0.393 e. The van der Waals surface area contributed by atoms with E-state index < -0.39 is 0 Å². The van der Waals surface area contributed by atoms with Crippen LogP contribution in [0.3, 0.4) is 0 Å². The van der Waals surface area contributed by atoms with Crippen molar-refractivity contribution in [3.8, 4) is 0 Å². The first-order chi connectivity index (χ1) is 11.1. The van der Waals surface area contributed by atoms with Crippen molar-refractivity contribution in [1.29, 1.82) is 0 Å². The summed E-state index contributed by atoms with van der Waals surface area (Å²) < 4.78 is 0. The first kappa shape index (κ1) is 16.1. The number of nitrogens with one attached hydrogen (secondary N) is 2. The fourth-order valence-corrected chi connectivity index (χ4v) is 3.05. The maximum atomic E-state index is 9.71. The molecular weight excluding hydrogens is 312 g/mol. The molecule has 0 saturated carbocycles. The highest BCUT2D eigenvalue weighted by atomic mass is 32.2. The minimum atomic E-state index is -0.196. The predicted molar refractivity (Wildman–Crippen MR) is 92.6 cm³/mol. The summed E-state index contributed by atoms with van der Waals surface area (Å²) in [5.41, 5.74) is 1.99. The van der Waals surface area contributed by atoms with E-state index >= 15 is 0 Å². The van der Waals surface area contributed by atoms with Gasteiger partial charge >= 0.3 is 0 Å². The summed E-state index contributed by atoms with van der Waals surface area (Å²) >= 11 is 1.52. The number of H-pyrrole nitrogens is 1. The number of aliphatic hydroxyl groups excluding tert-OH is 1. The van der Waals surface area contributed by atoms with E-state index in [9.17, 15) is 5.11 Å². The van der Waals surface area contributed by atoms with Gasteiger partial charge in [0, 0.05) is 30.4 Å². The van der Waals surface area contributed by atoms with Gasteiger partial charge in [-0.05, 0) is 32.9 Å². The zero-order chi connectivity index (χ0) is 16.4. The third-order valence-electron chi connectivity index (χ3n) is 4.00. The Balaban J connectivity index is 1.91. The summed E-state index contributed by atoms with van der Waals surface area (Å²) in [5, 5.41) is 20.8. The lowest BCUT2D eigenvalue weighted by Crippen LogP contribution is -2.37. The van der Waals surface area contributed by atoms with Crippen molar-refractivity contribution in [2.45, 2.75) is 37.9 Å². The number of aromatic nitrogens is 4. The maximum absolute atomic E-state index is 9.71. The van der Waals surface area contributed by atoms with Gasteiger partial charge in [-0.15, -0.1) is 0 Å². The molecule has 0 spiro atoms. The number of nitrogens with zero attached hydrogens (tertiary/aromatic N) is 4. The van der Waals surface area contributed by atoms with E-state index in [-0.39, 0.29) is 6.10 Å². The van der Waals surface area contributed by atoms with Gasteiger partial charge in [-0.1, -0.05) is 11.8 Å². The second-order valence-corrected chi connectivity index (χ2v) is 6.56. The highest BCUT2D eigenvalue weighted by Gasteiger charge is 2.22. The Morgan fingerprint density at radius 3 is 2.65 bits per heavy atom.